The van der Waals surface area contributed by atoms with Gasteiger partial charge in [-0.2, -0.15) is 0 Å². The second-order valence-electron chi connectivity index (χ2n) is 12.2. The summed E-state index contributed by atoms with van der Waals surface area (Å²) < 4.78 is 2.56. The SMILES string of the molecule is C[CH2][Hf]([CH]1C(C)=Cc2c(-c3cccc4ccccc34)cccc21)[CH]1C(C)=Cc2c(-c3cccc4ccccc34)cccc21. The molecule has 2 aliphatic carbocycles. The number of hydrogen-bond acceptors (Lipinski definition) is 0. The third-order valence-corrected chi connectivity index (χ3v) is 23.6. The predicted molar refractivity (Wildman–Crippen MR) is 182 cm³/mol. The molecule has 2 unspecified atom stereocenters. The van der Waals surface area contributed by atoms with Gasteiger partial charge in [0.15, 0.2) is 0 Å². The Morgan fingerprint density at radius 1 is 0.465 bits per heavy atom. The maximum atomic E-state index is 2.54. The molecular formula is C42H35Hf. The van der Waals surface area contributed by atoms with Crippen LogP contribution in [0.3, 0.4) is 0 Å². The van der Waals surface area contributed by atoms with Gasteiger partial charge in [-0.15, -0.1) is 0 Å². The molecule has 0 N–H and O–H groups in total. The quantitative estimate of drug-likeness (QED) is 0.156. The Labute approximate surface area is 262 Å². The van der Waals surface area contributed by atoms with Crippen LogP contribution in [0.2, 0.25) is 4.18 Å². The first kappa shape index (κ1) is 26.8. The second kappa shape index (κ2) is 10.7. The Hall–Kier alpha value is -3.81. The first-order valence-corrected chi connectivity index (χ1v) is 22.3. The number of rotatable bonds is 5. The molecule has 2 atom stereocenters. The number of benzene rings is 6. The number of hydrogen-bond donors (Lipinski definition) is 0. The molecule has 2 aliphatic rings. The minimum atomic E-state index is -2.36. The van der Waals surface area contributed by atoms with E-state index in [4.69, 9.17) is 0 Å². The molecule has 0 spiro atoms. The van der Waals surface area contributed by atoms with Crippen molar-refractivity contribution >= 4 is 33.7 Å². The average Bonchev–Trinajstić information content (AvgIpc) is 3.57. The molecule has 6 aromatic rings. The van der Waals surface area contributed by atoms with E-state index in [0.717, 1.165) is 0 Å². The first-order valence-electron chi connectivity index (χ1n) is 15.6. The summed E-state index contributed by atoms with van der Waals surface area (Å²) in [5, 5.41) is 5.30. The fraction of sp³-hybridized carbons (Fsp3) is 0.143. The van der Waals surface area contributed by atoms with Gasteiger partial charge in [0, 0.05) is 0 Å². The molecule has 6 aromatic carbocycles. The van der Waals surface area contributed by atoms with Crippen molar-refractivity contribution in [3.63, 3.8) is 0 Å². The van der Waals surface area contributed by atoms with Crippen LogP contribution in [-0.2, 0) is 21.4 Å². The average molecular weight is 718 g/mol. The van der Waals surface area contributed by atoms with E-state index in [9.17, 15) is 0 Å². The van der Waals surface area contributed by atoms with Gasteiger partial charge in [0.05, 0.1) is 0 Å². The molecular weight excluding hydrogens is 683 g/mol. The van der Waals surface area contributed by atoms with Crippen molar-refractivity contribution in [1.29, 1.82) is 0 Å². The van der Waals surface area contributed by atoms with E-state index in [0.29, 0.717) is 7.35 Å². The van der Waals surface area contributed by atoms with Crippen LogP contribution < -0.4 is 0 Å². The third kappa shape index (κ3) is 4.27. The Morgan fingerprint density at radius 3 is 1.33 bits per heavy atom. The summed E-state index contributed by atoms with van der Waals surface area (Å²) in [6, 6.07) is 45.4. The van der Waals surface area contributed by atoms with Crippen molar-refractivity contribution in [2.24, 2.45) is 0 Å². The summed E-state index contributed by atoms with van der Waals surface area (Å²) in [5.41, 5.74) is 14.7. The fourth-order valence-corrected chi connectivity index (χ4v) is 21.7. The molecule has 0 amide bonds. The monoisotopic (exact) mass is 719 g/mol. The van der Waals surface area contributed by atoms with Gasteiger partial charge in [0.2, 0.25) is 0 Å². The molecule has 207 valence electrons. The first-order chi connectivity index (χ1) is 21.1. The van der Waals surface area contributed by atoms with Crippen molar-refractivity contribution in [2.45, 2.75) is 32.3 Å². The predicted octanol–water partition coefficient (Wildman–Crippen LogP) is 12.0. The van der Waals surface area contributed by atoms with E-state index in [1.54, 1.807) is 22.3 Å². The minimum absolute atomic E-state index is 0.612. The third-order valence-electron chi connectivity index (χ3n) is 9.87. The second-order valence-corrected chi connectivity index (χ2v) is 23.1. The summed E-state index contributed by atoms with van der Waals surface area (Å²) in [6.45, 7) is 7.32. The van der Waals surface area contributed by atoms with Gasteiger partial charge in [0.25, 0.3) is 0 Å². The van der Waals surface area contributed by atoms with Crippen molar-refractivity contribution in [3.8, 4) is 22.3 Å². The van der Waals surface area contributed by atoms with Crippen LogP contribution in [0.4, 0.5) is 0 Å². The summed E-state index contributed by atoms with van der Waals surface area (Å²) in [5.74, 6) is 0. The zero-order chi connectivity index (χ0) is 29.1. The van der Waals surface area contributed by atoms with Gasteiger partial charge in [-0.3, -0.25) is 0 Å². The van der Waals surface area contributed by atoms with E-state index in [1.165, 1.54) is 59.1 Å². The molecule has 0 radical (unpaired) electrons. The normalized spacial score (nSPS) is 17.1. The molecule has 0 aliphatic heterocycles. The van der Waals surface area contributed by atoms with Crippen LogP contribution in [0.15, 0.2) is 132 Å². The van der Waals surface area contributed by atoms with E-state index in [-0.39, 0.29) is 0 Å². The van der Waals surface area contributed by atoms with Gasteiger partial charge in [-0.25, -0.2) is 0 Å². The molecule has 1 heteroatoms. The summed E-state index contributed by atoms with van der Waals surface area (Å²) in [7, 11) is 0. The summed E-state index contributed by atoms with van der Waals surface area (Å²) in [6.07, 6.45) is 5.08. The standard InChI is InChI=1S/2C20H15.C2H5.Hf/c2*1-14-12-16-8-5-11-19(20(16)13-14)18-10-4-7-15-6-2-3-9-17(15)18;1-2;/h2*2-13H,1H3;1H2,2H3;. The Balaban J connectivity index is 1.24. The zero-order valence-corrected chi connectivity index (χ0v) is 28.7. The van der Waals surface area contributed by atoms with Gasteiger partial charge in [-0.05, 0) is 0 Å². The molecule has 0 fully saturated rings. The summed E-state index contributed by atoms with van der Waals surface area (Å²) >= 11 is -2.36. The molecule has 0 saturated heterocycles. The zero-order valence-electron chi connectivity index (χ0n) is 25.1. The Bertz CT molecular complexity index is 1950. The van der Waals surface area contributed by atoms with Crippen LogP contribution in [-0.4, -0.2) is 0 Å². The van der Waals surface area contributed by atoms with Crippen LogP contribution in [0.25, 0.3) is 56.0 Å². The van der Waals surface area contributed by atoms with Crippen LogP contribution in [0.5, 0.6) is 0 Å². The summed E-state index contributed by atoms with van der Waals surface area (Å²) in [4.78, 5) is 0. The van der Waals surface area contributed by atoms with E-state index in [2.05, 4.69) is 154 Å². The molecule has 0 saturated carbocycles. The van der Waals surface area contributed by atoms with Crippen molar-refractivity contribution in [3.05, 3.63) is 155 Å². The van der Waals surface area contributed by atoms with Gasteiger partial charge in [0.1, 0.15) is 0 Å². The molecule has 8 rings (SSSR count). The van der Waals surface area contributed by atoms with Crippen molar-refractivity contribution < 1.29 is 21.4 Å². The Morgan fingerprint density at radius 2 is 0.860 bits per heavy atom. The van der Waals surface area contributed by atoms with Gasteiger partial charge < -0.3 is 0 Å². The fourth-order valence-electron chi connectivity index (χ4n) is 8.05. The van der Waals surface area contributed by atoms with Crippen LogP contribution in [0.1, 0.15) is 50.4 Å². The molecule has 0 aromatic heterocycles. The molecule has 43 heavy (non-hydrogen) atoms. The van der Waals surface area contributed by atoms with Crippen LogP contribution >= 0.6 is 0 Å². The van der Waals surface area contributed by atoms with Crippen LogP contribution in [0, 0.1) is 0 Å². The van der Waals surface area contributed by atoms with E-state index in [1.807, 2.05) is 0 Å². The number of allylic oxidation sites excluding steroid dienone is 2. The van der Waals surface area contributed by atoms with Gasteiger partial charge >= 0.3 is 264 Å². The van der Waals surface area contributed by atoms with E-state index >= 15 is 0 Å². The van der Waals surface area contributed by atoms with Gasteiger partial charge in [-0.1, -0.05) is 0 Å². The van der Waals surface area contributed by atoms with E-state index < -0.39 is 21.4 Å². The number of fused-ring (bicyclic) bond motifs is 4. The van der Waals surface area contributed by atoms with Crippen molar-refractivity contribution in [1.82, 2.24) is 0 Å². The topological polar surface area (TPSA) is 0 Å². The molecule has 0 nitrogen and oxygen atoms in total. The Kier molecular flexibility index (Phi) is 6.68. The van der Waals surface area contributed by atoms with Crippen molar-refractivity contribution in [2.75, 3.05) is 0 Å². The molecule has 0 heterocycles. The molecule has 0 bridgehead atoms. The maximum absolute atomic E-state index is 2.54.